The lowest BCUT2D eigenvalue weighted by molar-refractivity contribution is 0.363. The molecule has 0 spiro atoms. The van der Waals surface area contributed by atoms with E-state index >= 15 is 0 Å². The third-order valence-corrected chi connectivity index (χ3v) is 2.63. The maximum Gasteiger partial charge on any atom is 0.332 e. The van der Waals surface area contributed by atoms with Crippen molar-refractivity contribution in [3.05, 3.63) is 69.5 Å². The molecule has 0 saturated carbocycles. The van der Waals surface area contributed by atoms with Gasteiger partial charge in [-0.05, 0) is 18.6 Å². The highest BCUT2D eigenvalue weighted by Gasteiger charge is 2.05. The van der Waals surface area contributed by atoms with Gasteiger partial charge in [-0.15, -0.1) is 0 Å². The normalized spacial score (nSPS) is 10.2. The van der Waals surface area contributed by atoms with Gasteiger partial charge in [0.15, 0.2) is 0 Å². The molecule has 0 aliphatic heterocycles. The van der Waals surface area contributed by atoms with Gasteiger partial charge in [0.25, 0.3) is 5.56 Å². The second kappa shape index (κ2) is 5.39. The molecule has 0 atom stereocenters. The summed E-state index contributed by atoms with van der Waals surface area (Å²) in [4.78, 5) is 25.1. The summed E-state index contributed by atoms with van der Waals surface area (Å²) < 4.78 is 6.80. The van der Waals surface area contributed by atoms with Crippen molar-refractivity contribution < 1.29 is 4.74 Å². The van der Waals surface area contributed by atoms with Crippen LogP contribution in [0.25, 0.3) is 5.69 Å². The third-order valence-electron chi connectivity index (χ3n) is 2.63. The van der Waals surface area contributed by atoms with Crippen molar-refractivity contribution in [2.75, 3.05) is 6.61 Å². The highest BCUT2D eigenvalue weighted by molar-refractivity contribution is 5.45. The van der Waals surface area contributed by atoms with Crippen LogP contribution in [0.5, 0.6) is 5.75 Å². The number of benzene rings is 1. The van der Waals surface area contributed by atoms with Gasteiger partial charge in [0, 0.05) is 18.3 Å². The van der Waals surface area contributed by atoms with Gasteiger partial charge in [0.05, 0.1) is 5.69 Å². The zero-order chi connectivity index (χ0) is 13.8. The highest BCUT2D eigenvalue weighted by Crippen LogP contribution is 2.19. The fourth-order valence-electron chi connectivity index (χ4n) is 1.70. The Kier molecular flexibility index (Phi) is 3.66. The Balaban J connectivity index is 2.51. The summed E-state index contributed by atoms with van der Waals surface area (Å²) in [6.45, 7) is 5.85. The molecule has 0 bridgehead atoms. The molecule has 1 N–H and O–H groups in total. The molecular formula is C14H14N2O3. The van der Waals surface area contributed by atoms with Crippen molar-refractivity contribution in [1.29, 1.82) is 0 Å². The standard InChI is InChI=1S/C14H14N2O3/c1-3-8-19-11-5-4-10(2)12(9-11)16-7-6-13(17)15-14(16)18/h3-7,9H,1,8H2,2H3,(H,15,17,18). The van der Waals surface area contributed by atoms with E-state index in [-0.39, 0.29) is 0 Å². The Morgan fingerprint density at radius 1 is 1.37 bits per heavy atom. The molecule has 0 amide bonds. The fourth-order valence-corrected chi connectivity index (χ4v) is 1.70. The van der Waals surface area contributed by atoms with Gasteiger partial charge in [0.1, 0.15) is 12.4 Å². The lowest BCUT2D eigenvalue weighted by Gasteiger charge is -2.11. The average Bonchev–Trinajstić information content (AvgIpc) is 2.38. The van der Waals surface area contributed by atoms with Crippen LogP contribution in [0, 0.1) is 6.92 Å². The van der Waals surface area contributed by atoms with Crippen LogP contribution in [0.1, 0.15) is 5.56 Å². The summed E-state index contributed by atoms with van der Waals surface area (Å²) in [7, 11) is 0. The Hall–Kier alpha value is -2.56. The van der Waals surface area contributed by atoms with E-state index in [4.69, 9.17) is 4.74 Å². The van der Waals surface area contributed by atoms with Crippen LogP contribution in [0.15, 0.2) is 52.7 Å². The Bertz CT molecular complexity index is 713. The van der Waals surface area contributed by atoms with Crippen LogP contribution in [-0.2, 0) is 0 Å². The van der Waals surface area contributed by atoms with Crippen molar-refractivity contribution >= 4 is 0 Å². The average molecular weight is 258 g/mol. The van der Waals surface area contributed by atoms with E-state index < -0.39 is 11.2 Å². The van der Waals surface area contributed by atoms with Crippen LogP contribution >= 0.6 is 0 Å². The van der Waals surface area contributed by atoms with Crippen LogP contribution in [0.2, 0.25) is 0 Å². The monoisotopic (exact) mass is 258 g/mol. The molecule has 0 radical (unpaired) electrons. The Labute approximate surface area is 109 Å². The molecule has 19 heavy (non-hydrogen) atoms. The number of aromatic amines is 1. The molecule has 5 nitrogen and oxygen atoms in total. The molecule has 0 fully saturated rings. The number of H-pyrrole nitrogens is 1. The number of aromatic nitrogens is 2. The number of rotatable bonds is 4. The molecular weight excluding hydrogens is 244 g/mol. The Morgan fingerprint density at radius 2 is 2.16 bits per heavy atom. The predicted octanol–water partition coefficient (Wildman–Crippen LogP) is 1.40. The van der Waals surface area contributed by atoms with E-state index in [1.54, 1.807) is 12.1 Å². The van der Waals surface area contributed by atoms with Crippen LogP contribution in [0.3, 0.4) is 0 Å². The maximum absolute atomic E-state index is 11.8. The quantitative estimate of drug-likeness (QED) is 0.843. The van der Waals surface area contributed by atoms with E-state index in [0.717, 1.165) is 5.56 Å². The van der Waals surface area contributed by atoms with Crippen molar-refractivity contribution in [1.82, 2.24) is 9.55 Å². The second-order valence-electron chi connectivity index (χ2n) is 4.03. The number of nitrogens with one attached hydrogen (secondary N) is 1. The van der Waals surface area contributed by atoms with Crippen molar-refractivity contribution in [3.8, 4) is 11.4 Å². The molecule has 2 aromatic rings. The minimum Gasteiger partial charge on any atom is -0.489 e. The van der Waals surface area contributed by atoms with Gasteiger partial charge in [-0.1, -0.05) is 18.7 Å². The second-order valence-corrected chi connectivity index (χ2v) is 4.03. The Morgan fingerprint density at radius 3 is 2.84 bits per heavy atom. The molecule has 0 saturated heterocycles. The van der Waals surface area contributed by atoms with Gasteiger partial charge in [-0.25, -0.2) is 4.79 Å². The molecule has 0 unspecified atom stereocenters. The first-order chi connectivity index (χ1) is 9.11. The first kappa shape index (κ1) is 12.9. The molecule has 1 heterocycles. The first-order valence-corrected chi connectivity index (χ1v) is 5.78. The predicted molar refractivity (Wildman–Crippen MR) is 73.1 cm³/mol. The fraction of sp³-hybridized carbons (Fsp3) is 0.143. The van der Waals surface area contributed by atoms with E-state index in [0.29, 0.717) is 18.0 Å². The van der Waals surface area contributed by atoms with Gasteiger partial charge in [-0.3, -0.25) is 14.3 Å². The van der Waals surface area contributed by atoms with E-state index in [2.05, 4.69) is 11.6 Å². The van der Waals surface area contributed by atoms with Gasteiger partial charge < -0.3 is 4.74 Å². The number of ether oxygens (including phenoxy) is 1. The van der Waals surface area contributed by atoms with Gasteiger partial charge in [0.2, 0.25) is 0 Å². The molecule has 0 aliphatic carbocycles. The largest absolute Gasteiger partial charge is 0.489 e. The summed E-state index contributed by atoms with van der Waals surface area (Å²) in [5, 5.41) is 0. The number of nitrogens with zero attached hydrogens (tertiary/aromatic N) is 1. The molecule has 1 aromatic carbocycles. The summed E-state index contributed by atoms with van der Waals surface area (Å²) in [6.07, 6.45) is 3.09. The lowest BCUT2D eigenvalue weighted by atomic mass is 10.2. The molecule has 1 aromatic heterocycles. The SMILES string of the molecule is C=CCOc1ccc(C)c(-n2ccc(=O)[nH]c2=O)c1. The molecule has 0 aliphatic rings. The topological polar surface area (TPSA) is 64.1 Å². The smallest absolute Gasteiger partial charge is 0.332 e. The first-order valence-electron chi connectivity index (χ1n) is 5.78. The summed E-state index contributed by atoms with van der Waals surface area (Å²) in [5.41, 5.74) is 0.678. The van der Waals surface area contributed by atoms with Crippen LogP contribution in [0.4, 0.5) is 0 Å². The van der Waals surface area contributed by atoms with E-state index in [9.17, 15) is 9.59 Å². The summed E-state index contributed by atoms with van der Waals surface area (Å²) >= 11 is 0. The van der Waals surface area contributed by atoms with Crippen LogP contribution in [-0.4, -0.2) is 16.2 Å². The highest BCUT2D eigenvalue weighted by atomic mass is 16.5. The third kappa shape index (κ3) is 2.82. The molecule has 98 valence electrons. The summed E-state index contributed by atoms with van der Waals surface area (Å²) in [6, 6.07) is 6.72. The van der Waals surface area contributed by atoms with Crippen molar-refractivity contribution in [3.63, 3.8) is 0 Å². The van der Waals surface area contributed by atoms with Gasteiger partial charge >= 0.3 is 5.69 Å². The van der Waals surface area contributed by atoms with Crippen molar-refractivity contribution in [2.45, 2.75) is 6.92 Å². The van der Waals surface area contributed by atoms with Gasteiger partial charge in [-0.2, -0.15) is 0 Å². The number of hydrogen-bond acceptors (Lipinski definition) is 3. The molecule has 2 rings (SSSR count). The summed E-state index contributed by atoms with van der Waals surface area (Å²) in [5.74, 6) is 0.638. The van der Waals surface area contributed by atoms with E-state index in [1.807, 2.05) is 19.1 Å². The zero-order valence-corrected chi connectivity index (χ0v) is 10.6. The minimum atomic E-state index is -0.475. The number of hydrogen-bond donors (Lipinski definition) is 1. The number of aryl methyl sites for hydroxylation is 1. The maximum atomic E-state index is 11.8. The van der Waals surface area contributed by atoms with Crippen LogP contribution < -0.4 is 16.0 Å². The lowest BCUT2D eigenvalue weighted by Crippen LogP contribution is -2.27. The zero-order valence-electron chi connectivity index (χ0n) is 10.6. The minimum absolute atomic E-state index is 0.392. The van der Waals surface area contributed by atoms with Crippen molar-refractivity contribution in [2.24, 2.45) is 0 Å². The van der Waals surface area contributed by atoms with E-state index in [1.165, 1.54) is 16.8 Å². The molecule has 5 heteroatoms.